The summed E-state index contributed by atoms with van der Waals surface area (Å²) < 4.78 is 41.3. The largest absolute Gasteiger partial charge is 0.494 e. The Morgan fingerprint density at radius 1 is 0.839 bits per heavy atom. The molecule has 3 nitrogen and oxygen atoms in total. The maximum atomic E-state index is 14.9. The molecule has 0 saturated heterocycles. The molecular formula is C26H28F2NO2+. The topological polar surface area (TPSA) is 18.5 Å². The number of para-hydroxylation sites is 1. The second-order valence-electron chi connectivity index (χ2n) is 8.60. The SMILES string of the molecule is CCOc1ccc(C2([N+](C)(C)Cc3cccc(Oc4ccccc4)c3)CC2(F)F)cc1. The number of hydrogen-bond acceptors (Lipinski definition) is 2. The zero-order chi connectivity index (χ0) is 22.1. The molecule has 0 N–H and O–H groups in total. The lowest BCUT2D eigenvalue weighted by Gasteiger charge is -2.39. The quantitative estimate of drug-likeness (QED) is 0.390. The second kappa shape index (κ2) is 7.97. The average molecular weight is 425 g/mol. The van der Waals surface area contributed by atoms with Crippen molar-refractivity contribution >= 4 is 0 Å². The maximum Gasteiger partial charge on any atom is 0.312 e. The zero-order valence-corrected chi connectivity index (χ0v) is 18.1. The summed E-state index contributed by atoms with van der Waals surface area (Å²) in [7, 11) is 3.75. The van der Waals surface area contributed by atoms with Crippen molar-refractivity contribution in [2.24, 2.45) is 0 Å². The van der Waals surface area contributed by atoms with E-state index < -0.39 is 11.5 Å². The normalized spacial score (nSPS) is 19.6. The van der Waals surface area contributed by atoms with Crippen LogP contribution in [0.2, 0.25) is 0 Å². The molecule has 0 radical (unpaired) electrons. The number of alkyl halides is 2. The molecule has 162 valence electrons. The monoisotopic (exact) mass is 424 g/mol. The Hall–Kier alpha value is -2.92. The lowest BCUT2D eigenvalue weighted by molar-refractivity contribution is -0.950. The molecule has 0 spiro atoms. The van der Waals surface area contributed by atoms with Crippen LogP contribution < -0.4 is 9.47 Å². The van der Waals surface area contributed by atoms with Crippen molar-refractivity contribution in [2.45, 2.75) is 31.4 Å². The summed E-state index contributed by atoms with van der Waals surface area (Å²) in [5, 5.41) is 0. The third kappa shape index (κ3) is 4.02. The summed E-state index contributed by atoms with van der Waals surface area (Å²) in [6.45, 7) is 2.90. The van der Waals surface area contributed by atoms with Gasteiger partial charge in [-0.3, -0.25) is 0 Å². The molecular weight excluding hydrogens is 396 g/mol. The minimum absolute atomic E-state index is 0.142. The van der Waals surface area contributed by atoms with Gasteiger partial charge in [0.25, 0.3) is 0 Å². The highest BCUT2D eigenvalue weighted by Crippen LogP contribution is 2.65. The van der Waals surface area contributed by atoms with E-state index in [1.165, 1.54) is 0 Å². The van der Waals surface area contributed by atoms with Gasteiger partial charge in [0.15, 0.2) is 5.54 Å². The summed E-state index contributed by atoms with van der Waals surface area (Å²) >= 11 is 0. The predicted octanol–water partition coefficient (Wildman–Crippen LogP) is 6.39. The van der Waals surface area contributed by atoms with Gasteiger partial charge in [-0.05, 0) is 55.5 Å². The number of halogens is 2. The van der Waals surface area contributed by atoms with Crippen LogP contribution in [0.3, 0.4) is 0 Å². The summed E-state index contributed by atoms with van der Waals surface area (Å²) in [6, 6.07) is 24.3. The van der Waals surface area contributed by atoms with Crippen LogP contribution in [0, 0.1) is 0 Å². The molecule has 0 heterocycles. The molecule has 0 bridgehead atoms. The Kier molecular flexibility index (Phi) is 5.48. The highest BCUT2D eigenvalue weighted by Gasteiger charge is 2.81. The molecule has 1 atom stereocenters. The molecule has 1 fully saturated rings. The molecule has 1 aliphatic rings. The van der Waals surface area contributed by atoms with Gasteiger partial charge in [-0.25, -0.2) is 0 Å². The summed E-state index contributed by atoms with van der Waals surface area (Å²) in [5.41, 5.74) is 0.336. The van der Waals surface area contributed by atoms with Crippen molar-refractivity contribution in [3.8, 4) is 17.2 Å². The van der Waals surface area contributed by atoms with Gasteiger partial charge in [0.05, 0.1) is 27.1 Å². The molecule has 0 amide bonds. The zero-order valence-electron chi connectivity index (χ0n) is 18.1. The van der Waals surface area contributed by atoms with Gasteiger partial charge >= 0.3 is 5.92 Å². The van der Waals surface area contributed by atoms with Crippen molar-refractivity contribution < 1.29 is 22.7 Å². The smallest absolute Gasteiger partial charge is 0.312 e. The van der Waals surface area contributed by atoms with Crippen LogP contribution in [0.15, 0.2) is 78.9 Å². The van der Waals surface area contributed by atoms with Gasteiger partial charge in [-0.1, -0.05) is 30.3 Å². The van der Waals surface area contributed by atoms with E-state index in [1.54, 1.807) is 24.3 Å². The van der Waals surface area contributed by atoms with Crippen LogP contribution in [0.1, 0.15) is 24.5 Å². The lowest BCUT2D eigenvalue weighted by Crippen LogP contribution is -2.51. The van der Waals surface area contributed by atoms with Crippen molar-refractivity contribution in [3.05, 3.63) is 90.0 Å². The Bertz CT molecular complexity index is 1030. The Labute approximate surface area is 182 Å². The molecule has 3 aromatic carbocycles. The molecule has 0 aliphatic heterocycles. The molecule has 31 heavy (non-hydrogen) atoms. The fourth-order valence-corrected chi connectivity index (χ4v) is 4.51. The first-order valence-electron chi connectivity index (χ1n) is 10.5. The molecule has 4 rings (SSSR count). The van der Waals surface area contributed by atoms with E-state index >= 15 is 0 Å². The van der Waals surface area contributed by atoms with E-state index in [1.807, 2.05) is 75.6 Å². The molecule has 3 aromatic rings. The van der Waals surface area contributed by atoms with E-state index in [0.29, 0.717) is 30.2 Å². The summed E-state index contributed by atoms with van der Waals surface area (Å²) in [6.07, 6.45) is -0.165. The van der Waals surface area contributed by atoms with E-state index in [9.17, 15) is 8.78 Å². The van der Waals surface area contributed by atoms with Gasteiger partial charge in [-0.15, -0.1) is 0 Å². The van der Waals surface area contributed by atoms with Gasteiger partial charge in [0.2, 0.25) is 0 Å². The van der Waals surface area contributed by atoms with Crippen molar-refractivity contribution in [3.63, 3.8) is 0 Å². The molecule has 0 aromatic heterocycles. The Balaban J connectivity index is 1.59. The van der Waals surface area contributed by atoms with Gasteiger partial charge in [0, 0.05) is 11.1 Å². The van der Waals surface area contributed by atoms with Crippen molar-refractivity contribution in [2.75, 3.05) is 20.7 Å². The van der Waals surface area contributed by atoms with E-state index in [-0.39, 0.29) is 10.9 Å². The van der Waals surface area contributed by atoms with Gasteiger partial charge in [-0.2, -0.15) is 8.78 Å². The second-order valence-corrected chi connectivity index (χ2v) is 8.60. The molecule has 1 saturated carbocycles. The third-order valence-electron chi connectivity index (χ3n) is 6.09. The number of nitrogens with zero attached hydrogens (tertiary/aromatic N) is 1. The maximum absolute atomic E-state index is 14.9. The number of rotatable bonds is 8. The van der Waals surface area contributed by atoms with Crippen LogP contribution in [-0.4, -0.2) is 31.1 Å². The molecule has 5 heteroatoms. The number of ether oxygens (including phenoxy) is 2. The fraction of sp³-hybridized carbons (Fsp3) is 0.308. The Morgan fingerprint density at radius 2 is 1.48 bits per heavy atom. The number of benzene rings is 3. The third-order valence-corrected chi connectivity index (χ3v) is 6.09. The highest BCUT2D eigenvalue weighted by molar-refractivity contribution is 5.39. The minimum Gasteiger partial charge on any atom is -0.494 e. The average Bonchev–Trinajstić information content (AvgIpc) is 3.34. The van der Waals surface area contributed by atoms with E-state index in [0.717, 1.165) is 11.3 Å². The van der Waals surface area contributed by atoms with Crippen LogP contribution in [0.25, 0.3) is 0 Å². The van der Waals surface area contributed by atoms with Crippen LogP contribution in [0.5, 0.6) is 17.2 Å². The molecule has 1 aliphatic carbocycles. The van der Waals surface area contributed by atoms with E-state index in [2.05, 4.69) is 0 Å². The fourth-order valence-electron chi connectivity index (χ4n) is 4.51. The Morgan fingerprint density at radius 3 is 2.10 bits per heavy atom. The van der Waals surface area contributed by atoms with Gasteiger partial charge < -0.3 is 14.0 Å². The number of hydrogen-bond donors (Lipinski definition) is 0. The highest BCUT2D eigenvalue weighted by atomic mass is 19.3. The van der Waals surface area contributed by atoms with Gasteiger partial charge in [0.1, 0.15) is 23.8 Å². The first-order valence-corrected chi connectivity index (χ1v) is 10.5. The first kappa shape index (κ1) is 21.3. The predicted molar refractivity (Wildman–Crippen MR) is 118 cm³/mol. The first-order chi connectivity index (χ1) is 14.8. The number of quaternary nitrogens is 1. The molecule has 1 unspecified atom stereocenters. The van der Waals surface area contributed by atoms with E-state index in [4.69, 9.17) is 9.47 Å². The summed E-state index contributed by atoms with van der Waals surface area (Å²) in [4.78, 5) is 0. The summed E-state index contributed by atoms with van der Waals surface area (Å²) in [5.74, 6) is -0.627. The van der Waals surface area contributed by atoms with Crippen LogP contribution in [0.4, 0.5) is 8.78 Å². The van der Waals surface area contributed by atoms with Crippen molar-refractivity contribution in [1.29, 1.82) is 0 Å². The lowest BCUT2D eigenvalue weighted by atomic mass is 9.99. The minimum atomic E-state index is -2.76. The van der Waals surface area contributed by atoms with Crippen LogP contribution >= 0.6 is 0 Å². The van der Waals surface area contributed by atoms with Crippen molar-refractivity contribution in [1.82, 2.24) is 0 Å². The standard InChI is InChI=1S/C26H28F2NO2/c1-4-30-22-15-13-21(14-16-22)25(19-26(25,27)28)29(2,3)18-20-9-8-12-24(17-20)31-23-10-6-5-7-11-23/h5-17H,4,18-19H2,1-3H3/q+1. The van der Waals surface area contributed by atoms with Crippen LogP contribution in [-0.2, 0) is 12.1 Å².